The maximum atomic E-state index is 11.4. The Kier molecular flexibility index (Phi) is 2.49. The molecule has 66 valence electrons. The zero-order valence-corrected chi connectivity index (χ0v) is 7.73. The lowest BCUT2D eigenvalue weighted by molar-refractivity contribution is 0.678. The second kappa shape index (κ2) is 3.25. The fourth-order valence-corrected chi connectivity index (χ4v) is 2.04. The molecule has 0 radical (unpaired) electrons. The Hall–Kier alpha value is -0.870. The molecule has 0 saturated carbocycles. The molecule has 0 aromatic heterocycles. The highest BCUT2D eigenvalue weighted by Crippen LogP contribution is 2.14. The minimum atomic E-state index is -2.63. The predicted molar refractivity (Wildman–Crippen MR) is 49.4 cm³/mol. The van der Waals surface area contributed by atoms with Crippen LogP contribution in [-0.2, 0) is 16.3 Å². The van der Waals surface area contributed by atoms with Crippen LogP contribution in [0.15, 0.2) is 29.2 Å². The maximum Gasteiger partial charge on any atom is 0.0700 e. The Morgan fingerprint density at radius 3 is 2.50 bits per heavy atom. The number of benzene rings is 1. The predicted octanol–water partition coefficient (Wildman–Crippen LogP) is 1.18. The molecule has 1 atom stereocenters. The molecule has 0 aliphatic heterocycles. The lowest BCUT2D eigenvalue weighted by Crippen LogP contribution is -2.04. The van der Waals surface area contributed by atoms with Crippen molar-refractivity contribution in [1.29, 1.82) is 4.78 Å². The highest BCUT2D eigenvalue weighted by Gasteiger charge is 2.06. The first-order chi connectivity index (χ1) is 5.55. The maximum absolute atomic E-state index is 11.4. The first-order valence-corrected chi connectivity index (χ1v) is 5.54. The number of nitrogens with one attached hydrogen (secondary N) is 1. The van der Waals surface area contributed by atoms with E-state index in [1.807, 2.05) is 6.07 Å². The Labute approximate surface area is 72.6 Å². The fourth-order valence-electron chi connectivity index (χ4n) is 1.05. The molecular weight excluding hydrogens is 172 g/mol. The van der Waals surface area contributed by atoms with Crippen LogP contribution in [0, 0.1) is 4.78 Å². The Bertz CT molecular complexity index is 370. The van der Waals surface area contributed by atoms with Crippen LogP contribution < -0.4 is 5.73 Å². The minimum absolute atomic E-state index is 0.333. The van der Waals surface area contributed by atoms with Crippen LogP contribution in [0.5, 0.6) is 0 Å². The molecule has 0 amide bonds. The molecule has 3 N–H and O–H groups in total. The monoisotopic (exact) mass is 184 g/mol. The number of rotatable bonds is 2. The lowest BCUT2D eigenvalue weighted by Gasteiger charge is -2.06. The molecule has 1 aromatic rings. The first-order valence-electron chi connectivity index (χ1n) is 3.57. The van der Waals surface area contributed by atoms with Crippen LogP contribution >= 0.6 is 0 Å². The summed E-state index contributed by atoms with van der Waals surface area (Å²) in [6.45, 7) is 0.333. The highest BCUT2D eigenvalue weighted by atomic mass is 32.2. The van der Waals surface area contributed by atoms with E-state index in [1.54, 1.807) is 18.2 Å². The standard InChI is InChI=1S/C8H12N2OS/c1-12(10,11)8-5-3-2-4-7(8)6-9/h2-5,10H,6,9H2,1H3. The van der Waals surface area contributed by atoms with E-state index in [-0.39, 0.29) is 0 Å². The molecule has 3 nitrogen and oxygen atoms in total. The van der Waals surface area contributed by atoms with Crippen molar-refractivity contribution in [2.24, 2.45) is 5.73 Å². The van der Waals surface area contributed by atoms with Crippen molar-refractivity contribution in [3.05, 3.63) is 29.8 Å². The molecule has 0 aliphatic carbocycles. The molecule has 12 heavy (non-hydrogen) atoms. The molecule has 1 aromatic carbocycles. The van der Waals surface area contributed by atoms with Gasteiger partial charge >= 0.3 is 0 Å². The van der Waals surface area contributed by atoms with Gasteiger partial charge in [0.1, 0.15) is 0 Å². The summed E-state index contributed by atoms with van der Waals surface area (Å²) >= 11 is 0. The zero-order chi connectivity index (χ0) is 9.19. The Morgan fingerprint density at radius 1 is 1.50 bits per heavy atom. The second-order valence-corrected chi connectivity index (χ2v) is 4.78. The molecule has 0 heterocycles. The van der Waals surface area contributed by atoms with Crippen LogP contribution in [0.1, 0.15) is 5.56 Å². The van der Waals surface area contributed by atoms with E-state index in [4.69, 9.17) is 10.5 Å². The summed E-state index contributed by atoms with van der Waals surface area (Å²) in [6, 6.07) is 7.09. The van der Waals surface area contributed by atoms with Crippen LogP contribution in [0.4, 0.5) is 0 Å². The lowest BCUT2D eigenvalue weighted by atomic mass is 10.2. The second-order valence-electron chi connectivity index (χ2n) is 2.66. The van der Waals surface area contributed by atoms with Crippen molar-refractivity contribution in [1.82, 2.24) is 0 Å². The molecule has 0 fully saturated rings. The van der Waals surface area contributed by atoms with Crippen molar-refractivity contribution in [3.8, 4) is 0 Å². The van der Waals surface area contributed by atoms with Gasteiger partial charge in [-0.05, 0) is 11.6 Å². The molecule has 0 aliphatic rings. The van der Waals surface area contributed by atoms with Gasteiger partial charge in [-0.2, -0.15) is 0 Å². The van der Waals surface area contributed by atoms with E-state index >= 15 is 0 Å². The van der Waals surface area contributed by atoms with Gasteiger partial charge in [-0.1, -0.05) is 18.2 Å². The molecule has 0 saturated heterocycles. The minimum Gasteiger partial charge on any atom is -0.326 e. The summed E-state index contributed by atoms with van der Waals surface area (Å²) < 4.78 is 18.8. The quantitative estimate of drug-likeness (QED) is 0.724. The Balaban J connectivity index is 3.33. The van der Waals surface area contributed by atoms with E-state index in [1.165, 1.54) is 6.26 Å². The number of hydrogen-bond donors (Lipinski definition) is 2. The normalized spacial score (nSPS) is 15.5. The van der Waals surface area contributed by atoms with Gasteiger partial charge in [0, 0.05) is 12.8 Å². The third kappa shape index (κ3) is 1.84. The first kappa shape index (κ1) is 9.22. The average molecular weight is 184 g/mol. The van der Waals surface area contributed by atoms with Gasteiger partial charge in [-0.25, -0.2) is 8.99 Å². The van der Waals surface area contributed by atoms with E-state index in [0.717, 1.165) is 5.56 Å². The van der Waals surface area contributed by atoms with Crippen molar-refractivity contribution in [2.75, 3.05) is 6.26 Å². The van der Waals surface area contributed by atoms with Crippen molar-refractivity contribution >= 4 is 9.73 Å². The zero-order valence-electron chi connectivity index (χ0n) is 6.91. The van der Waals surface area contributed by atoms with Crippen molar-refractivity contribution in [2.45, 2.75) is 11.4 Å². The van der Waals surface area contributed by atoms with Crippen LogP contribution in [-0.4, -0.2) is 10.5 Å². The molecule has 1 rings (SSSR count). The Morgan fingerprint density at radius 2 is 2.08 bits per heavy atom. The number of hydrogen-bond acceptors (Lipinski definition) is 3. The highest BCUT2D eigenvalue weighted by molar-refractivity contribution is 7.91. The van der Waals surface area contributed by atoms with E-state index in [9.17, 15) is 4.21 Å². The summed E-state index contributed by atoms with van der Waals surface area (Å²) in [4.78, 5) is 0.549. The summed E-state index contributed by atoms with van der Waals surface area (Å²) in [5.41, 5.74) is 6.23. The topological polar surface area (TPSA) is 66.9 Å². The van der Waals surface area contributed by atoms with Gasteiger partial charge in [0.25, 0.3) is 0 Å². The summed E-state index contributed by atoms with van der Waals surface area (Å²) in [6.07, 6.45) is 1.40. The summed E-state index contributed by atoms with van der Waals surface area (Å²) in [5, 5.41) is 0. The third-order valence-corrected chi connectivity index (χ3v) is 2.85. The van der Waals surface area contributed by atoms with Crippen molar-refractivity contribution < 1.29 is 4.21 Å². The summed E-state index contributed by atoms with van der Waals surface area (Å²) in [5.74, 6) is 0. The molecule has 0 bridgehead atoms. The van der Waals surface area contributed by atoms with Gasteiger partial charge in [0.2, 0.25) is 0 Å². The van der Waals surface area contributed by atoms with E-state index in [0.29, 0.717) is 11.4 Å². The molecule has 4 heteroatoms. The average Bonchev–Trinajstić information content (AvgIpc) is 2.03. The van der Waals surface area contributed by atoms with Crippen LogP contribution in [0.3, 0.4) is 0 Å². The smallest absolute Gasteiger partial charge is 0.0700 e. The third-order valence-electron chi connectivity index (χ3n) is 1.61. The SMILES string of the molecule is CS(=N)(=O)c1ccccc1CN. The van der Waals surface area contributed by atoms with Crippen LogP contribution in [0.2, 0.25) is 0 Å². The van der Waals surface area contributed by atoms with Crippen LogP contribution in [0.25, 0.3) is 0 Å². The van der Waals surface area contributed by atoms with E-state index in [2.05, 4.69) is 0 Å². The molecule has 0 spiro atoms. The molecule has 1 unspecified atom stereocenters. The fraction of sp³-hybridized carbons (Fsp3) is 0.250. The number of nitrogens with two attached hydrogens (primary N) is 1. The van der Waals surface area contributed by atoms with E-state index < -0.39 is 9.73 Å². The largest absolute Gasteiger partial charge is 0.326 e. The van der Waals surface area contributed by atoms with Crippen molar-refractivity contribution in [3.63, 3.8) is 0 Å². The van der Waals surface area contributed by atoms with Gasteiger partial charge in [0.15, 0.2) is 0 Å². The van der Waals surface area contributed by atoms with Gasteiger partial charge < -0.3 is 5.73 Å². The van der Waals surface area contributed by atoms with Gasteiger partial charge in [0.05, 0.1) is 14.6 Å². The van der Waals surface area contributed by atoms with Gasteiger partial charge in [-0.3, -0.25) is 0 Å². The molecular formula is C8H12N2OS. The van der Waals surface area contributed by atoms with Gasteiger partial charge in [-0.15, -0.1) is 0 Å². The summed E-state index contributed by atoms with van der Waals surface area (Å²) in [7, 11) is -2.63.